The second-order valence-electron chi connectivity index (χ2n) is 4.94. The molecule has 5 nitrogen and oxygen atoms in total. The summed E-state index contributed by atoms with van der Waals surface area (Å²) in [6.07, 6.45) is 0. The zero-order valence-corrected chi connectivity index (χ0v) is 12.9. The Bertz CT molecular complexity index is 718. The van der Waals surface area contributed by atoms with Crippen molar-refractivity contribution in [1.29, 1.82) is 0 Å². The van der Waals surface area contributed by atoms with E-state index in [1.807, 2.05) is 0 Å². The van der Waals surface area contributed by atoms with Gasteiger partial charge in [0.2, 0.25) is 5.91 Å². The van der Waals surface area contributed by atoms with E-state index in [9.17, 15) is 18.4 Å². The molecule has 0 fully saturated rings. The normalized spacial score (nSPS) is 10.3. The van der Waals surface area contributed by atoms with E-state index in [0.29, 0.717) is 16.9 Å². The molecule has 0 saturated heterocycles. The van der Waals surface area contributed by atoms with Crippen LogP contribution in [0, 0.1) is 0 Å². The molecule has 0 aliphatic heterocycles. The summed E-state index contributed by atoms with van der Waals surface area (Å²) in [6, 6.07) is 12.4. The van der Waals surface area contributed by atoms with Gasteiger partial charge in [-0.1, -0.05) is 12.1 Å². The van der Waals surface area contributed by atoms with Gasteiger partial charge in [0.25, 0.3) is 0 Å². The first kappa shape index (κ1) is 17.4. The van der Waals surface area contributed by atoms with Gasteiger partial charge in [-0.3, -0.25) is 9.59 Å². The lowest BCUT2D eigenvalue weighted by molar-refractivity contribution is -0.114. The van der Waals surface area contributed by atoms with E-state index in [1.165, 1.54) is 31.2 Å². The number of anilines is 2. The molecule has 0 spiro atoms. The van der Waals surface area contributed by atoms with Crippen LogP contribution in [0.2, 0.25) is 0 Å². The molecule has 2 aromatic carbocycles. The minimum Gasteiger partial charge on any atom is -0.435 e. The molecule has 0 radical (unpaired) electrons. The zero-order valence-electron chi connectivity index (χ0n) is 12.9. The number of Topliss-reactive ketones (excluding diaryl/α,β-unsaturated/α-hetero) is 1. The predicted octanol–water partition coefficient (Wildman–Crippen LogP) is 3.54. The SMILES string of the molecule is CC(=O)c1cccc(NCC(=O)Nc2ccc(OC(F)F)cc2)c1. The van der Waals surface area contributed by atoms with Crippen LogP contribution in [0.5, 0.6) is 5.75 Å². The predicted molar refractivity (Wildman–Crippen MR) is 86.6 cm³/mol. The van der Waals surface area contributed by atoms with Crippen LogP contribution in [0.1, 0.15) is 17.3 Å². The first-order chi connectivity index (χ1) is 11.4. The van der Waals surface area contributed by atoms with Crippen LogP contribution in [0.3, 0.4) is 0 Å². The number of carbonyl (C=O) groups is 2. The summed E-state index contributed by atoms with van der Waals surface area (Å²) in [5, 5.41) is 5.53. The van der Waals surface area contributed by atoms with E-state index >= 15 is 0 Å². The molecular weight excluding hydrogens is 318 g/mol. The summed E-state index contributed by atoms with van der Waals surface area (Å²) in [6.45, 7) is -1.43. The second kappa shape index (κ2) is 8.05. The van der Waals surface area contributed by atoms with E-state index in [-0.39, 0.29) is 24.0 Å². The van der Waals surface area contributed by atoms with Crippen molar-refractivity contribution in [3.8, 4) is 5.75 Å². The van der Waals surface area contributed by atoms with E-state index in [2.05, 4.69) is 15.4 Å². The summed E-state index contributed by atoms with van der Waals surface area (Å²) in [5.74, 6) is -0.359. The van der Waals surface area contributed by atoms with Gasteiger partial charge in [0.05, 0.1) is 6.54 Å². The summed E-state index contributed by atoms with van der Waals surface area (Å²) >= 11 is 0. The molecule has 0 unspecified atom stereocenters. The van der Waals surface area contributed by atoms with Crippen LogP contribution in [0.4, 0.5) is 20.2 Å². The van der Waals surface area contributed by atoms with Crippen LogP contribution in [-0.4, -0.2) is 24.8 Å². The van der Waals surface area contributed by atoms with Crippen molar-refractivity contribution in [3.63, 3.8) is 0 Å². The average Bonchev–Trinajstić information content (AvgIpc) is 2.54. The highest BCUT2D eigenvalue weighted by Gasteiger charge is 2.06. The van der Waals surface area contributed by atoms with Gasteiger partial charge >= 0.3 is 6.61 Å². The lowest BCUT2D eigenvalue weighted by Gasteiger charge is -2.09. The third kappa shape index (κ3) is 5.35. The van der Waals surface area contributed by atoms with Crippen LogP contribution in [0.25, 0.3) is 0 Å². The van der Waals surface area contributed by atoms with Crippen molar-refractivity contribution in [2.45, 2.75) is 13.5 Å². The number of amides is 1. The molecule has 7 heteroatoms. The Kier molecular flexibility index (Phi) is 5.83. The molecule has 0 aliphatic carbocycles. The Hall–Kier alpha value is -2.96. The summed E-state index contributed by atoms with van der Waals surface area (Å²) in [7, 11) is 0. The van der Waals surface area contributed by atoms with Crippen LogP contribution in [0.15, 0.2) is 48.5 Å². The van der Waals surface area contributed by atoms with Gasteiger partial charge in [0.15, 0.2) is 5.78 Å². The zero-order chi connectivity index (χ0) is 17.5. The summed E-state index contributed by atoms with van der Waals surface area (Å²) in [4.78, 5) is 23.2. The smallest absolute Gasteiger partial charge is 0.387 e. The highest BCUT2D eigenvalue weighted by Crippen LogP contribution is 2.17. The maximum atomic E-state index is 12.0. The third-order valence-electron chi connectivity index (χ3n) is 3.09. The van der Waals surface area contributed by atoms with Crippen LogP contribution in [-0.2, 0) is 4.79 Å². The molecule has 0 saturated carbocycles. The number of nitrogens with one attached hydrogen (secondary N) is 2. The van der Waals surface area contributed by atoms with E-state index in [0.717, 1.165) is 0 Å². The first-order valence-corrected chi connectivity index (χ1v) is 7.13. The average molecular weight is 334 g/mol. The number of hydrogen-bond acceptors (Lipinski definition) is 4. The Morgan fingerprint density at radius 3 is 2.42 bits per heavy atom. The minimum absolute atomic E-state index is 0.00333. The maximum absolute atomic E-state index is 12.0. The standard InChI is InChI=1S/C17H16F2N2O3/c1-11(22)12-3-2-4-14(9-12)20-10-16(23)21-13-5-7-15(8-6-13)24-17(18)19/h2-9,17,20H,10H2,1H3,(H,21,23). The number of rotatable bonds is 7. The highest BCUT2D eigenvalue weighted by atomic mass is 19.3. The van der Waals surface area contributed by atoms with Gasteiger partial charge in [-0.15, -0.1) is 0 Å². The van der Waals surface area contributed by atoms with Gasteiger partial charge in [-0.25, -0.2) is 0 Å². The van der Waals surface area contributed by atoms with Gasteiger partial charge in [-0.05, 0) is 43.3 Å². The number of ether oxygens (including phenoxy) is 1. The van der Waals surface area contributed by atoms with Gasteiger partial charge in [-0.2, -0.15) is 8.78 Å². The molecule has 2 N–H and O–H groups in total. The molecule has 2 rings (SSSR count). The Morgan fingerprint density at radius 1 is 1.08 bits per heavy atom. The molecular formula is C17H16F2N2O3. The van der Waals surface area contributed by atoms with Gasteiger partial charge in [0, 0.05) is 16.9 Å². The lowest BCUT2D eigenvalue weighted by atomic mass is 10.1. The fraction of sp³-hybridized carbons (Fsp3) is 0.176. The fourth-order valence-corrected chi connectivity index (χ4v) is 1.96. The number of hydrogen-bond donors (Lipinski definition) is 2. The Morgan fingerprint density at radius 2 is 1.79 bits per heavy atom. The Labute approximate surface area is 137 Å². The monoisotopic (exact) mass is 334 g/mol. The van der Waals surface area contributed by atoms with Crippen molar-refractivity contribution in [2.75, 3.05) is 17.2 Å². The van der Waals surface area contributed by atoms with Crippen molar-refractivity contribution < 1.29 is 23.1 Å². The molecule has 1 amide bonds. The summed E-state index contributed by atoms with van der Waals surface area (Å²) < 4.78 is 28.3. The topological polar surface area (TPSA) is 67.4 Å². The number of alkyl halides is 2. The molecule has 24 heavy (non-hydrogen) atoms. The van der Waals surface area contributed by atoms with E-state index in [4.69, 9.17) is 0 Å². The highest BCUT2D eigenvalue weighted by molar-refractivity contribution is 5.96. The number of ketones is 1. The van der Waals surface area contributed by atoms with Gasteiger partial charge < -0.3 is 15.4 Å². The van der Waals surface area contributed by atoms with Crippen molar-refractivity contribution in [2.24, 2.45) is 0 Å². The van der Waals surface area contributed by atoms with E-state index < -0.39 is 6.61 Å². The number of halogens is 2. The maximum Gasteiger partial charge on any atom is 0.387 e. The minimum atomic E-state index is -2.89. The molecule has 2 aromatic rings. The lowest BCUT2D eigenvalue weighted by Crippen LogP contribution is -2.21. The van der Waals surface area contributed by atoms with Gasteiger partial charge in [0.1, 0.15) is 5.75 Å². The van der Waals surface area contributed by atoms with Crippen molar-refractivity contribution in [3.05, 3.63) is 54.1 Å². The Balaban J connectivity index is 1.87. The molecule has 0 heterocycles. The second-order valence-corrected chi connectivity index (χ2v) is 4.94. The number of carbonyl (C=O) groups excluding carboxylic acids is 2. The van der Waals surface area contributed by atoms with Crippen molar-refractivity contribution >= 4 is 23.1 Å². The molecule has 0 aliphatic rings. The first-order valence-electron chi connectivity index (χ1n) is 7.13. The van der Waals surface area contributed by atoms with Crippen molar-refractivity contribution in [1.82, 2.24) is 0 Å². The van der Waals surface area contributed by atoms with Crippen LogP contribution < -0.4 is 15.4 Å². The summed E-state index contributed by atoms with van der Waals surface area (Å²) in [5.41, 5.74) is 1.66. The molecule has 0 bridgehead atoms. The quantitative estimate of drug-likeness (QED) is 0.760. The molecule has 0 atom stereocenters. The van der Waals surface area contributed by atoms with E-state index in [1.54, 1.807) is 24.3 Å². The fourth-order valence-electron chi connectivity index (χ4n) is 1.96. The molecule has 0 aromatic heterocycles. The number of benzene rings is 2. The van der Waals surface area contributed by atoms with Crippen LogP contribution >= 0.6 is 0 Å². The molecule has 126 valence electrons. The largest absolute Gasteiger partial charge is 0.435 e. The third-order valence-corrected chi connectivity index (χ3v) is 3.09.